The topological polar surface area (TPSA) is 66.4 Å². The number of amides is 1. The van der Waals surface area contributed by atoms with Crippen LogP contribution < -0.4 is 5.32 Å². The summed E-state index contributed by atoms with van der Waals surface area (Å²) in [7, 11) is 0. The fraction of sp³-hybridized carbons (Fsp3) is 0.867. The van der Waals surface area contributed by atoms with Gasteiger partial charge in [0.2, 0.25) is 5.91 Å². The van der Waals surface area contributed by atoms with Gasteiger partial charge in [-0.1, -0.05) is 13.3 Å². The van der Waals surface area contributed by atoms with Gasteiger partial charge in [-0.25, -0.2) is 4.79 Å². The number of hydrogen-bond acceptors (Lipinski definition) is 2. The Morgan fingerprint density at radius 1 is 1.11 bits per heavy atom. The molecule has 1 amide bonds. The second-order valence-corrected chi connectivity index (χ2v) is 6.84. The molecule has 3 fully saturated rings. The number of nitrogens with one attached hydrogen (secondary N) is 1. The van der Waals surface area contributed by atoms with E-state index in [1.165, 1.54) is 6.42 Å². The summed E-state index contributed by atoms with van der Waals surface area (Å²) in [6.45, 7) is 2.15. The first-order valence-electron chi connectivity index (χ1n) is 7.59. The van der Waals surface area contributed by atoms with Gasteiger partial charge in [0.1, 0.15) is 5.54 Å². The van der Waals surface area contributed by atoms with Crippen LogP contribution in [-0.2, 0) is 9.59 Å². The third-order valence-corrected chi connectivity index (χ3v) is 5.61. The summed E-state index contributed by atoms with van der Waals surface area (Å²) < 4.78 is 0. The first kappa shape index (κ1) is 12.9. The molecule has 2 atom stereocenters. The molecule has 19 heavy (non-hydrogen) atoms. The highest BCUT2D eigenvalue weighted by Gasteiger charge is 2.58. The number of carbonyl (C=O) groups is 2. The van der Waals surface area contributed by atoms with Gasteiger partial charge in [0.05, 0.1) is 0 Å². The molecule has 0 aromatic rings. The summed E-state index contributed by atoms with van der Waals surface area (Å²) in [5.41, 5.74) is -0.986. The molecule has 0 radical (unpaired) electrons. The predicted molar refractivity (Wildman–Crippen MR) is 70.5 cm³/mol. The standard InChI is InChI=1S/C15H23NO3/c1-9-5-7-15(8-6-9,14(18)19)16-13(17)12-10-3-2-4-11(10)12/h9-12H,2-8H2,1H3,(H,16,17)(H,18,19). The molecule has 0 aromatic heterocycles. The molecule has 0 aromatic carbocycles. The Kier molecular flexibility index (Phi) is 3.06. The van der Waals surface area contributed by atoms with Gasteiger partial charge in [-0.2, -0.15) is 0 Å². The van der Waals surface area contributed by atoms with Crippen molar-refractivity contribution in [3.05, 3.63) is 0 Å². The zero-order chi connectivity index (χ0) is 13.6. The quantitative estimate of drug-likeness (QED) is 0.822. The van der Waals surface area contributed by atoms with Crippen LogP contribution in [0.3, 0.4) is 0 Å². The van der Waals surface area contributed by atoms with Gasteiger partial charge in [0.25, 0.3) is 0 Å². The molecule has 3 rings (SSSR count). The van der Waals surface area contributed by atoms with Crippen molar-refractivity contribution in [3.63, 3.8) is 0 Å². The molecule has 2 N–H and O–H groups in total. The lowest BCUT2D eigenvalue weighted by molar-refractivity contribution is -0.150. The lowest BCUT2D eigenvalue weighted by Gasteiger charge is -2.36. The zero-order valence-electron chi connectivity index (χ0n) is 11.5. The molecule has 4 heteroatoms. The van der Waals surface area contributed by atoms with E-state index in [1.807, 2.05) is 0 Å². The van der Waals surface area contributed by atoms with E-state index in [0.29, 0.717) is 30.6 Å². The minimum atomic E-state index is -0.986. The lowest BCUT2D eigenvalue weighted by Crippen LogP contribution is -2.56. The maximum Gasteiger partial charge on any atom is 0.329 e. The molecule has 106 valence electrons. The van der Waals surface area contributed by atoms with Gasteiger partial charge in [0, 0.05) is 5.92 Å². The molecular formula is C15H23NO3. The van der Waals surface area contributed by atoms with Crippen molar-refractivity contribution in [1.29, 1.82) is 0 Å². The van der Waals surface area contributed by atoms with Crippen molar-refractivity contribution >= 4 is 11.9 Å². The van der Waals surface area contributed by atoms with Crippen molar-refractivity contribution in [2.45, 2.75) is 57.4 Å². The van der Waals surface area contributed by atoms with Crippen LogP contribution in [-0.4, -0.2) is 22.5 Å². The first-order chi connectivity index (χ1) is 9.03. The lowest BCUT2D eigenvalue weighted by atomic mass is 9.77. The van der Waals surface area contributed by atoms with Crippen LogP contribution >= 0.6 is 0 Å². The highest BCUT2D eigenvalue weighted by atomic mass is 16.4. The largest absolute Gasteiger partial charge is 0.480 e. The van der Waals surface area contributed by atoms with E-state index in [0.717, 1.165) is 25.7 Å². The van der Waals surface area contributed by atoms with Crippen LogP contribution in [0.5, 0.6) is 0 Å². The number of aliphatic carboxylic acids is 1. The Morgan fingerprint density at radius 2 is 1.68 bits per heavy atom. The number of carboxylic acids is 1. The maximum absolute atomic E-state index is 12.3. The second kappa shape index (κ2) is 4.50. The van der Waals surface area contributed by atoms with Gasteiger partial charge in [0.15, 0.2) is 0 Å². The average molecular weight is 265 g/mol. The summed E-state index contributed by atoms with van der Waals surface area (Å²) in [5, 5.41) is 12.4. The van der Waals surface area contributed by atoms with Crippen molar-refractivity contribution in [2.75, 3.05) is 0 Å². The molecule has 0 saturated heterocycles. The number of carboxylic acid groups (broad SMARTS) is 1. The molecule has 0 spiro atoms. The monoisotopic (exact) mass is 265 g/mol. The molecular weight excluding hydrogens is 242 g/mol. The van der Waals surface area contributed by atoms with Crippen molar-refractivity contribution < 1.29 is 14.7 Å². The van der Waals surface area contributed by atoms with Gasteiger partial charge < -0.3 is 10.4 Å². The van der Waals surface area contributed by atoms with Crippen LogP contribution in [0.2, 0.25) is 0 Å². The van der Waals surface area contributed by atoms with E-state index in [-0.39, 0.29) is 11.8 Å². The third kappa shape index (κ3) is 2.15. The SMILES string of the molecule is CC1CCC(NC(=O)C2C3CCCC32)(C(=O)O)CC1. The summed E-state index contributed by atoms with van der Waals surface area (Å²) in [4.78, 5) is 23.9. The highest BCUT2D eigenvalue weighted by molar-refractivity contribution is 5.90. The number of rotatable bonds is 3. The number of carbonyl (C=O) groups excluding carboxylic acids is 1. The van der Waals surface area contributed by atoms with E-state index in [9.17, 15) is 14.7 Å². The van der Waals surface area contributed by atoms with Crippen LogP contribution in [0, 0.1) is 23.7 Å². The van der Waals surface area contributed by atoms with Crippen molar-refractivity contribution in [2.24, 2.45) is 23.7 Å². The van der Waals surface area contributed by atoms with Crippen molar-refractivity contribution in [1.82, 2.24) is 5.32 Å². The average Bonchev–Trinajstić information content (AvgIpc) is 2.86. The molecule has 4 nitrogen and oxygen atoms in total. The van der Waals surface area contributed by atoms with Gasteiger partial charge in [-0.05, 0) is 56.3 Å². The van der Waals surface area contributed by atoms with E-state index in [1.54, 1.807) is 0 Å². The Hall–Kier alpha value is -1.06. The van der Waals surface area contributed by atoms with E-state index >= 15 is 0 Å². The van der Waals surface area contributed by atoms with Crippen LogP contribution in [0.15, 0.2) is 0 Å². The van der Waals surface area contributed by atoms with Crippen LogP contribution in [0.25, 0.3) is 0 Å². The number of hydrogen-bond donors (Lipinski definition) is 2. The van der Waals surface area contributed by atoms with Crippen molar-refractivity contribution in [3.8, 4) is 0 Å². The van der Waals surface area contributed by atoms with Gasteiger partial charge >= 0.3 is 5.97 Å². The molecule has 2 unspecified atom stereocenters. The Labute approximate surface area is 113 Å². The van der Waals surface area contributed by atoms with Crippen LogP contribution in [0.4, 0.5) is 0 Å². The summed E-state index contributed by atoms with van der Waals surface area (Å²) >= 11 is 0. The summed E-state index contributed by atoms with van der Waals surface area (Å²) in [6, 6.07) is 0. The third-order valence-electron chi connectivity index (χ3n) is 5.61. The van der Waals surface area contributed by atoms with Crippen LogP contribution in [0.1, 0.15) is 51.9 Å². The Morgan fingerprint density at radius 3 is 2.21 bits per heavy atom. The summed E-state index contributed by atoms with van der Waals surface area (Å²) in [5.74, 6) is 0.945. The summed E-state index contributed by atoms with van der Waals surface area (Å²) in [6.07, 6.45) is 6.49. The van der Waals surface area contributed by atoms with E-state index < -0.39 is 11.5 Å². The first-order valence-corrected chi connectivity index (χ1v) is 7.59. The van der Waals surface area contributed by atoms with Gasteiger partial charge in [-0.3, -0.25) is 4.79 Å². The van der Waals surface area contributed by atoms with Gasteiger partial charge in [-0.15, -0.1) is 0 Å². The normalized spacial score (nSPS) is 44.5. The number of fused-ring (bicyclic) bond motifs is 1. The molecule has 0 heterocycles. The molecule has 0 aliphatic heterocycles. The second-order valence-electron chi connectivity index (χ2n) is 6.84. The fourth-order valence-corrected chi connectivity index (χ4v) is 4.18. The van der Waals surface area contributed by atoms with E-state index in [4.69, 9.17) is 0 Å². The minimum Gasteiger partial charge on any atom is -0.480 e. The molecule has 0 bridgehead atoms. The molecule has 3 aliphatic carbocycles. The highest BCUT2D eigenvalue weighted by Crippen LogP contribution is 2.57. The fourth-order valence-electron chi connectivity index (χ4n) is 4.18. The minimum absolute atomic E-state index is 0.00616. The molecule has 3 aliphatic rings. The Bertz CT molecular complexity index is 388. The molecule has 3 saturated carbocycles. The maximum atomic E-state index is 12.3. The van der Waals surface area contributed by atoms with E-state index in [2.05, 4.69) is 12.2 Å². The zero-order valence-corrected chi connectivity index (χ0v) is 11.5. The Balaban J connectivity index is 1.65. The predicted octanol–water partition coefficient (Wildman–Crippen LogP) is 2.18. The smallest absolute Gasteiger partial charge is 0.329 e.